The highest BCUT2D eigenvalue weighted by atomic mass is 16.5. The Hall–Kier alpha value is -1.59. The van der Waals surface area contributed by atoms with Crippen molar-refractivity contribution in [3.05, 3.63) is 29.8 Å². The fourth-order valence-electron chi connectivity index (χ4n) is 4.32. The molecule has 2 atom stereocenters. The highest BCUT2D eigenvalue weighted by molar-refractivity contribution is 5.76. The summed E-state index contributed by atoms with van der Waals surface area (Å²) in [5.41, 5.74) is 1.29. The molecule has 2 heterocycles. The smallest absolute Gasteiger partial charge is 0.220 e. The molecule has 1 aliphatic carbocycles. The van der Waals surface area contributed by atoms with E-state index >= 15 is 0 Å². The summed E-state index contributed by atoms with van der Waals surface area (Å²) in [4.78, 5) is 14.6. The third kappa shape index (κ3) is 3.67. The van der Waals surface area contributed by atoms with Crippen molar-refractivity contribution in [2.24, 2.45) is 17.3 Å². The lowest BCUT2D eigenvalue weighted by atomic mass is 9.81. The Bertz CT molecular complexity index is 631. The topological polar surface area (TPSA) is 50.8 Å². The van der Waals surface area contributed by atoms with Crippen LogP contribution in [0.2, 0.25) is 0 Å². The number of methoxy groups -OCH3 is 1. The molecule has 136 valence electrons. The van der Waals surface area contributed by atoms with Crippen LogP contribution >= 0.6 is 0 Å². The number of carbonyl (C=O) groups excluding carboxylic acids is 1. The molecule has 0 spiro atoms. The summed E-state index contributed by atoms with van der Waals surface area (Å²) < 4.78 is 11.3. The van der Waals surface area contributed by atoms with Crippen LogP contribution < -0.4 is 10.1 Å². The zero-order valence-corrected chi connectivity index (χ0v) is 15.0. The molecule has 0 aromatic heterocycles. The number of hydrogen-bond donors (Lipinski definition) is 1. The zero-order valence-electron chi connectivity index (χ0n) is 15.0. The summed E-state index contributed by atoms with van der Waals surface area (Å²) >= 11 is 0. The van der Waals surface area contributed by atoms with Gasteiger partial charge < -0.3 is 14.8 Å². The van der Waals surface area contributed by atoms with E-state index in [-0.39, 0.29) is 11.3 Å². The van der Waals surface area contributed by atoms with Crippen LogP contribution in [-0.2, 0) is 16.1 Å². The quantitative estimate of drug-likeness (QED) is 0.823. The van der Waals surface area contributed by atoms with Crippen molar-refractivity contribution >= 4 is 5.91 Å². The number of nitrogens with one attached hydrogen (secondary N) is 1. The van der Waals surface area contributed by atoms with E-state index in [2.05, 4.69) is 22.3 Å². The standard InChI is InChI=1S/C20H28N2O3/c1-24-18-5-3-2-4-16(18)9-22-10-17-11-25-14-20(17,13-22)12-21-19(23)8-15-6-7-15/h2-5,15,17H,6-14H2,1H3,(H,21,23)/t17-,20+/m0/s1. The maximum absolute atomic E-state index is 12.1. The van der Waals surface area contributed by atoms with Crippen molar-refractivity contribution in [3.63, 3.8) is 0 Å². The SMILES string of the molecule is COc1ccccc1CN1C[C@H]2COC[C@@]2(CNC(=O)CC2CC2)C1. The molecule has 0 bridgehead atoms. The summed E-state index contributed by atoms with van der Waals surface area (Å²) in [6, 6.07) is 8.22. The molecule has 1 N–H and O–H groups in total. The van der Waals surface area contributed by atoms with Crippen molar-refractivity contribution in [1.82, 2.24) is 10.2 Å². The highest BCUT2D eigenvalue weighted by Crippen LogP contribution is 2.42. The molecule has 3 fully saturated rings. The van der Waals surface area contributed by atoms with Gasteiger partial charge in [-0.15, -0.1) is 0 Å². The normalized spacial score (nSPS) is 28.8. The molecule has 3 aliphatic rings. The van der Waals surface area contributed by atoms with Crippen molar-refractivity contribution in [2.45, 2.75) is 25.8 Å². The lowest BCUT2D eigenvalue weighted by Crippen LogP contribution is -2.43. The van der Waals surface area contributed by atoms with Gasteiger partial charge in [0, 0.05) is 49.5 Å². The second-order valence-electron chi connectivity index (χ2n) is 7.98. The van der Waals surface area contributed by atoms with Gasteiger partial charge in [-0.05, 0) is 24.8 Å². The maximum Gasteiger partial charge on any atom is 0.220 e. The minimum atomic E-state index is 0.0707. The number of carbonyl (C=O) groups is 1. The van der Waals surface area contributed by atoms with Crippen LogP contribution in [0.5, 0.6) is 5.75 Å². The highest BCUT2D eigenvalue weighted by Gasteiger charge is 2.50. The molecule has 1 amide bonds. The number of fused-ring (bicyclic) bond motifs is 1. The number of hydrogen-bond acceptors (Lipinski definition) is 4. The number of likely N-dealkylation sites (tertiary alicyclic amines) is 1. The van der Waals surface area contributed by atoms with Crippen molar-refractivity contribution in [1.29, 1.82) is 0 Å². The van der Waals surface area contributed by atoms with Gasteiger partial charge >= 0.3 is 0 Å². The van der Waals surface area contributed by atoms with Gasteiger partial charge in [0.1, 0.15) is 5.75 Å². The third-order valence-corrected chi connectivity index (χ3v) is 5.99. The average molecular weight is 344 g/mol. The summed E-state index contributed by atoms with van der Waals surface area (Å²) in [5.74, 6) is 2.30. The molecule has 0 radical (unpaired) electrons. The van der Waals surface area contributed by atoms with Gasteiger partial charge in [-0.1, -0.05) is 18.2 Å². The van der Waals surface area contributed by atoms with E-state index in [4.69, 9.17) is 9.47 Å². The number of rotatable bonds is 7. The number of para-hydroxylation sites is 1. The minimum Gasteiger partial charge on any atom is -0.496 e. The van der Waals surface area contributed by atoms with Gasteiger partial charge in [-0.3, -0.25) is 9.69 Å². The van der Waals surface area contributed by atoms with E-state index < -0.39 is 0 Å². The third-order valence-electron chi connectivity index (χ3n) is 5.99. The monoisotopic (exact) mass is 344 g/mol. The first-order valence-corrected chi connectivity index (χ1v) is 9.37. The summed E-state index contributed by atoms with van der Waals surface area (Å²) in [6.07, 6.45) is 3.14. The van der Waals surface area contributed by atoms with Crippen LogP contribution in [0.15, 0.2) is 24.3 Å². The molecule has 4 rings (SSSR count). The molecule has 1 saturated carbocycles. The fraction of sp³-hybridized carbons (Fsp3) is 0.650. The predicted octanol–water partition coefficient (Wildman–Crippen LogP) is 2.06. The van der Waals surface area contributed by atoms with Crippen LogP contribution in [0, 0.1) is 17.3 Å². The number of benzene rings is 1. The second-order valence-corrected chi connectivity index (χ2v) is 7.98. The van der Waals surface area contributed by atoms with Gasteiger partial charge in [-0.2, -0.15) is 0 Å². The summed E-state index contributed by atoms with van der Waals surface area (Å²) in [7, 11) is 1.72. The molecule has 1 aromatic carbocycles. The average Bonchev–Trinajstić information content (AvgIpc) is 3.23. The van der Waals surface area contributed by atoms with E-state index in [1.165, 1.54) is 18.4 Å². The van der Waals surface area contributed by atoms with Crippen LogP contribution in [-0.4, -0.2) is 50.8 Å². The van der Waals surface area contributed by atoms with Crippen LogP contribution in [0.3, 0.4) is 0 Å². The Balaban J connectivity index is 1.38. The first-order chi connectivity index (χ1) is 12.2. The first-order valence-electron chi connectivity index (χ1n) is 9.37. The maximum atomic E-state index is 12.1. The lowest BCUT2D eigenvalue weighted by Gasteiger charge is -2.28. The van der Waals surface area contributed by atoms with E-state index in [1.807, 2.05) is 12.1 Å². The second kappa shape index (κ2) is 6.96. The molecule has 2 saturated heterocycles. The number of amides is 1. The zero-order chi connectivity index (χ0) is 17.3. The Morgan fingerprint density at radius 1 is 1.40 bits per heavy atom. The molecule has 1 aromatic rings. The van der Waals surface area contributed by atoms with Crippen LogP contribution in [0.4, 0.5) is 0 Å². The number of ether oxygens (including phenoxy) is 2. The summed E-state index contributed by atoms with van der Waals surface area (Å²) in [5, 5.41) is 3.19. The first kappa shape index (κ1) is 16.9. The van der Waals surface area contributed by atoms with E-state index in [0.717, 1.165) is 45.1 Å². The van der Waals surface area contributed by atoms with E-state index in [0.29, 0.717) is 18.3 Å². The van der Waals surface area contributed by atoms with E-state index in [1.54, 1.807) is 7.11 Å². The molecule has 25 heavy (non-hydrogen) atoms. The molecule has 5 nitrogen and oxygen atoms in total. The lowest BCUT2D eigenvalue weighted by molar-refractivity contribution is -0.122. The van der Waals surface area contributed by atoms with Gasteiger partial charge in [-0.25, -0.2) is 0 Å². The Morgan fingerprint density at radius 3 is 3.04 bits per heavy atom. The van der Waals surface area contributed by atoms with Crippen molar-refractivity contribution in [3.8, 4) is 5.75 Å². The Labute approximate surface area is 149 Å². The van der Waals surface area contributed by atoms with Gasteiger partial charge in [0.25, 0.3) is 0 Å². The number of nitrogens with zero attached hydrogens (tertiary/aromatic N) is 1. The molecule has 5 heteroatoms. The molecule has 2 aliphatic heterocycles. The Kier molecular flexibility index (Phi) is 4.69. The Morgan fingerprint density at radius 2 is 2.24 bits per heavy atom. The van der Waals surface area contributed by atoms with Gasteiger partial charge in [0.15, 0.2) is 0 Å². The molecule has 0 unspecified atom stereocenters. The largest absolute Gasteiger partial charge is 0.496 e. The van der Waals surface area contributed by atoms with Crippen LogP contribution in [0.1, 0.15) is 24.8 Å². The van der Waals surface area contributed by atoms with Crippen molar-refractivity contribution in [2.75, 3.05) is 40.0 Å². The van der Waals surface area contributed by atoms with Gasteiger partial charge in [0.05, 0.1) is 20.3 Å². The molecular formula is C20H28N2O3. The van der Waals surface area contributed by atoms with Crippen molar-refractivity contribution < 1.29 is 14.3 Å². The van der Waals surface area contributed by atoms with Gasteiger partial charge in [0.2, 0.25) is 5.91 Å². The fourth-order valence-corrected chi connectivity index (χ4v) is 4.32. The molecular weight excluding hydrogens is 316 g/mol. The summed E-state index contributed by atoms with van der Waals surface area (Å²) in [6.45, 7) is 5.19. The predicted molar refractivity (Wildman–Crippen MR) is 95.4 cm³/mol. The minimum absolute atomic E-state index is 0.0707. The van der Waals surface area contributed by atoms with Crippen LogP contribution in [0.25, 0.3) is 0 Å². The van der Waals surface area contributed by atoms with E-state index in [9.17, 15) is 4.79 Å².